The van der Waals surface area contributed by atoms with Gasteiger partial charge in [-0.25, -0.2) is 9.97 Å². The van der Waals surface area contributed by atoms with Crippen LogP contribution in [-0.4, -0.2) is 29.8 Å². The molecule has 0 fully saturated rings. The van der Waals surface area contributed by atoms with Crippen LogP contribution in [0.2, 0.25) is 0 Å². The van der Waals surface area contributed by atoms with Crippen molar-refractivity contribution >= 4 is 15.9 Å². The maximum atomic E-state index is 5.43. The van der Waals surface area contributed by atoms with Gasteiger partial charge in [0.05, 0.1) is 6.61 Å². The Labute approximate surface area is 85.4 Å². The van der Waals surface area contributed by atoms with Crippen LogP contribution in [0, 0.1) is 0 Å². The smallest absolute Gasteiger partial charge is 0.217 e. The van der Waals surface area contributed by atoms with Crippen molar-refractivity contribution in [3.63, 3.8) is 0 Å². The molecule has 0 spiro atoms. The molecule has 0 N–H and O–H groups in total. The average molecular weight is 247 g/mol. The van der Waals surface area contributed by atoms with Gasteiger partial charge in [-0.1, -0.05) is 0 Å². The second-order valence-corrected chi connectivity index (χ2v) is 3.38. The van der Waals surface area contributed by atoms with E-state index >= 15 is 0 Å². The first-order valence-corrected chi connectivity index (χ1v) is 4.65. The first-order valence-electron chi connectivity index (χ1n) is 3.85. The van der Waals surface area contributed by atoms with Gasteiger partial charge in [-0.2, -0.15) is 0 Å². The van der Waals surface area contributed by atoms with Crippen LogP contribution >= 0.6 is 15.9 Å². The minimum atomic E-state index is -0.00759. The van der Waals surface area contributed by atoms with Crippen LogP contribution < -0.4 is 4.74 Å². The molecular formula is C8H11BrN2O2. The lowest BCUT2D eigenvalue weighted by molar-refractivity contribution is 0.0888. The first kappa shape index (κ1) is 10.4. The number of hydrogen-bond donors (Lipinski definition) is 0. The molecule has 1 heterocycles. The second-order valence-electron chi connectivity index (χ2n) is 2.56. The number of methoxy groups -OCH3 is 1. The van der Waals surface area contributed by atoms with E-state index in [1.807, 2.05) is 6.92 Å². The van der Waals surface area contributed by atoms with Gasteiger partial charge in [-0.3, -0.25) is 0 Å². The summed E-state index contributed by atoms with van der Waals surface area (Å²) in [6, 6.07) is 1.71. The van der Waals surface area contributed by atoms with Gasteiger partial charge < -0.3 is 9.47 Å². The minimum absolute atomic E-state index is 0.00759. The fraction of sp³-hybridized carbons (Fsp3) is 0.500. The fourth-order valence-electron chi connectivity index (χ4n) is 0.857. The molecule has 4 nitrogen and oxygen atoms in total. The van der Waals surface area contributed by atoms with Crippen LogP contribution in [0.1, 0.15) is 6.92 Å². The summed E-state index contributed by atoms with van der Waals surface area (Å²) in [6.45, 7) is 2.46. The molecule has 1 aromatic rings. The van der Waals surface area contributed by atoms with E-state index in [9.17, 15) is 0 Å². The predicted octanol–water partition coefficient (Wildman–Crippen LogP) is 1.65. The van der Waals surface area contributed by atoms with E-state index in [4.69, 9.17) is 9.47 Å². The summed E-state index contributed by atoms with van der Waals surface area (Å²) in [6.07, 6.45) is 1.44. The Morgan fingerprint density at radius 2 is 2.31 bits per heavy atom. The summed E-state index contributed by atoms with van der Waals surface area (Å²) < 4.78 is 11.1. The zero-order valence-corrected chi connectivity index (χ0v) is 9.11. The van der Waals surface area contributed by atoms with E-state index in [2.05, 4.69) is 25.9 Å². The van der Waals surface area contributed by atoms with Gasteiger partial charge in [0.1, 0.15) is 17.0 Å². The number of ether oxygens (including phenoxy) is 2. The highest BCUT2D eigenvalue weighted by Gasteiger charge is 2.04. The Morgan fingerprint density at radius 1 is 1.54 bits per heavy atom. The van der Waals surface area contributed by atoms with E-state index in [0.29, 0.717) is 17.1 Å². The van der Waals surface area contributed by atoms with Crippen LogP contribution in [-0.2, 0) is 4.74 Å². The molecule has 1 unspecified atom stereocenters. The molecule has 0 bridgehead atoms. The summed E-state index contributed by atoms with van der Waals surface area (Å²) in [5.74, 6) is 0.548. The van der Waals surface area contributed by atoms with Crippen LogP contribution in [0.25, 0.3) is 0 Å². The third-order valence-electron chi connectivity index (χ3n) is 1.33. The summed E-state index contributed by atoms with van der Waals surface area (Å²) >= 11 is 3.23. The summed E-state index contributed by atoms with van der Waals surface area (Å²) in [4.78, 5) is 7.83. The molecule has 0 aliphatic heterocycles. The van der Waals surface area contributed by atoms with Gasteiger partial charge in [-0.15, -0.1) is 0 Å². The van der Waals surface area contributed by atoms with Gasteiger partial charge in [0, 0.05) is 13.2 Å². The van der Waals surface area contributed by atoms with E-state index < -0.39 is 0 Å². The number of halogens is 1. The highest BCUT2D eigenvalue weighted by Crippen LogP contribution is 2.12. The molecule has 1 aromatic heterocycles. The SMILES string of the molecule is COCC(C)Oc1cc(Br)ncn1. The van der Waals surface area contributed by atoms with E-state index in [1.54, 1.807) is 13.2 Å². The maximum absolute atomic E-state index is 5.43. The Morgan fingerprint density at radius 3 is 2.92 bits per heavy atom. The normalized spacial score (nSPS) is 12.5. The van der Waals surface area contributed by atoms with Crippen LogP contribution in [0.15, 0.2) is 17.0 Å². The summed E-state index contributed by atoms with van der Waals surface area (Å²) in [7, 11) is 1.63. The molecule has 0 saturated carbocycles. The lowest BCUT2D eigenvalue weighted by Crippen LogP contribution is -2.18. The van der Waals surface area contributed by atoms with Crippen molar-refractivity contribution in [2.24, 2.45) is 0 Å². The lowest BCUT2D eigenvalue weighted by atomic mass is 10.4. The van der Waals surface area contributed by atoms with Gasteiger partial charge in [0.25, 0.3) is 0 Å². The molecule has 0 radical (unpaired) electrons. The van der Waals surface area contributed by atoms with E-state index in [0.717, 1.165) is 0 Å². The van der Waals surface area contributed by atoms with Crippen LogP contribution in [0.5, 0.6) is 5.88 Å². The third-order valence-corrected chi connectivity index (χ3v) is 1.77. The highest BCUT2D eigenvalue weighted by molar-refractivity contribution is 9.10. The van der Waals surface area contributed by atoms with E-state index in [-0.39, 0.29) is 6.10 Å². The van der Waals surface area contributed by atoms with Crippen molar-refractivity contribution in [3.05, 3.63) is 17.0 Å². The zero-order valence-electron chi connectivity index (χ0n) is 7.53. The first-order chi connectivity index (χ1) is 6.22. The van der Waals surface area contributed by atoms with E-state index in [1.165, 1.54) is 6.33 Å². The number of rotatable bonds is 4. The molecule has 0 aliphatic carbocycles. The molecule has 5 heteroatoms. The Kier molecular flexibility index (Phi) is 4.11. The molecular weight excluding hydrogens is 236 g/mol. The van der Waals surface area contributed by atoms with Crippen LogP contribution in [0.4, 0.5) is 0 Å². The van der Waals surface area contributed by atoms with Crippen molar-refractivity contribution < 1.29 is 9.47 Å². The van der Waals surface area contributed by atoms with Crippen molar-refractivity contribution in [3.8, 4) is 5.88 Å². The molecule has 0 aromatic carbocycles. The van der Waals surface area contributed by atoms with Gasteiger partial charge in [-0.05, 0) is 22.9 Å². The average Bonchev–Trinajstić information content (AvgIpc) is 2.04. The van der Waals surface area contributed by atoms with Crippen molar-refractivity contribution in [2.75, 3.05) is 13.7 Å². The van der Waals surface area contributed by atoms with Crippen molar-refractivity contribution in [1.82, 2.24) is 9.97 Å². The maximum Gasteiger partial charge on any atom is 0.217 e. The number of hydrogen-bond acceptors (Lipinski definition) is 4. The Hall–Kier alpha value is -0.680. The minimum Gasteiger partial charge on any atom is -0.472 e. The second kappa shape index (κ2) is 5.14. The molecule has 0 saturated heterocycles. The van der Waals surface area contributed by atoms with Crippen molar-refractivity contribution in [1.29, 1.82) is 0 Å². The fourth-order valence-corrected chi connectivity index (χ4v) is 1.14. The lowest BCUT2D eigenvalue weighted by Gasteiger charge is -2.11. The summed E-state index contributed by atoms with van der Waals surface area (Å²) in [5.41, 5.74) is 0. The Bertz CT molecular complexity index is 270. The molecule has 72 valence electrons. The molecule has 13 heavy (non-hydrogen) atoms. The molecule has 0 amide bonds. The van der Waals surface area contributed by atoms with Gasteiger partial charge in [0.15, 0.2) is 0 Å². The number of aromatic nitrogens is 2. The van der Waals surface area contributed by atoms with Gasteiger partial charge >= 0.3 is 0 Å². The van der Waals surface area contributed by atoms with Crippen LogP contribution in [0.3, 0.4) is 0 Å². The standard InChI is InChI=1S/C8H11BrN2O2/c1-6(4-12-2)13-8-3-7(9)10-5-11-8/h3,5-6H,4H2,1-2H3. The Balaban J connectivity index is 2.53. The quantitative estimate of drug-likeness (QED) is 0.759. The highest BCUT2D eigenvalue weighted by atomic mass is 79.9. The third kappa shape index (κ3) is 3.69. The predicted molar refractivity (Wildman–Crippen MR) is 51.7 cm³/mol. The van der Waals surface area contributed by atoms with Gasteiger partial charge in [0.2, 0.25) is 5.88 Å². The van der Waals surface area contributed by atoms with Crippen molar-refractivity contribution in [2.45, 2.75) is 13.0 Å². The molecule has 0 aliphatic rings. The monoisotopic (exact) mass is 246 g/mol. The largest absolute Gasteiger partial charge is 0.472 e. The molecule has 1 rings (SSSR count). The summed E-state index contributed by atoms with van der Waals surface area (Å²) in [5, 5.41) is 0. The number of nitrogens with zero attached hydrogens (tertiary/aromatic N) is 2. The topological polar surface area (TPSA) is 44.2 Å². The zero-order chi connectivity index (χ0) is 9.68. The molecule has 1 atom stereocenters.